The van der Waals surface area contributed by atoms with Crippen LogP contribution in [-0.4, -0.2) is 29.7 Å². The Balaban J connectivity index is 1.51. The largest absolute Gasteiger partial charge is 0.493 e. The van der Waals surface area contributed by atoms with Gasteiger partial charge in [0.25, 0.3) is 10.0 Å². The number of halogens is 1. The summed E-state index contributed by atoms with van der Waals surface area (Å²) < 4.78 is 59.1. The Kier molecular flexibility index (Phi) is 6.26. The molecule has 188 valence electrons. The van der Waals surface area contributed by atoms with Crippen molar-refractivity contribution in [2.75, 3.05) is 31.4 Å². The lowest BCUT2D eigenvalue weighted by molar-refractivity contribution is 0.322. The maximum atomic E-state index is 14.1. The highest BCUT2D eigenvalue weighted by Gasteiger charge is 2.39. The molecule has 0 radical (unpaired) electrons. The number of sulfonamides is 1. The van der Waals surface area contributed by atoms with E-state index in [2.05, 4.69) is 22.2 Å². The lowest BCUT2D eigenvalue weighted by atomic mass is 9.77. The van der Waals surface area contributed by atoms with E-state index in [0.717, 1.165) is 23.2 Å². The van der Waals surface area contributed by atoms with E-state index < -0.39 is 15.8 Å². The average Bonchev–Trinajstić information content (AvgIpc) is 3.38. The van der Waals surface area contributed by atoms with E-state index in [1.54, 1.807) is 39.5 Å². The molecular formula is C27H27FN2O5S. The molecule has 7 nitrogen and oxygen atoms in total. The fourth-order valence-corrected chi connectivity index (χ4v) is 6.20. The summed E-state index contributed by atoms with van der Waals surface area (Å²) >= 11 is 0. The number of para-hydroxylation sites is 1. The van der Waals surface area contributed by atoms with Gasteiger partial charge in [0.2, 0.25) is 5.75 Å². The molecule has 5 rings (SSSR count). The average molecular weight is 511 g/mol. The number of methoxy groups -OCH3 is 3. The Morgan fingerprint density at radius 2 is 1.69 bits per heavy atom. The van der Waals surface area contributed by atoms with E-state index in [0.29, 0.717) is 17.2 Å². The highest BCUT2D eigenvalue weighted by atomic mass is 32.2. The van der Waals surface area contributed by atoms with E-state index in [4.69, 9.17) is 14.2 Å². The molecule has 2 aliphatic rings. The summed E-state index contributed by atoms with van der Waals surface area (Å²) in [5, 5.41) is 3.60. The zero-order valence-corrected chi connectivity index (χ0v) is 20.9. The van der Waals surface area contributed by atoms with Crippen molar-refractivity contribution < 1.29 is 27.0 Å². The number of ether oxygens (including phenoxy) is 3. The van der Waals surface area contributed by atoms with E-state index >= 15 is 0 Å². The van der Waals surface area contributed by atoms with Gasteiger partial charge < -0.3 is 19.5 Å². The second-order valence-corrected chi connectivity index (χ2v) is 10.5. The minimum atomic E-state index is -3.98. The van der Waals surface area contributed by atoms with Gasteiger partial charge in [0, 0.05) is 11.6 Å². The molecule has 3 aromatic rings. The van der Waals surface area contributed by atoms with Crippen LogP contribution >= 0.6 is 0 Å². The zero-order valence-electron chi connectivity index (χ0n) is 20.1. The van der Waals surface area contributed by atoms with Crippen molar-refractivity contribution in [3.63, 3.8) is 0 Å². The summed E-state index contributed by atoms with van der Waals surface area (Å²) in [5.41, 5.74) is 2.61. The fourth-order valence-electron chi connectivity index (χ4n) is 5.10. The standard InChI is InChI=1S/C27H27FN2O5S/c1-33-24-13-16(14-25(34-2)27(24)35-3)26-19-8-6-7-18(19)20-15-17(11-12-22(20)29-26)36(31,32)30-23-10-5-4-9-21(23)28/h4-7,9-15,18-19,26,29-30H,8H2,1-3H3/t18-,19-,26+/m0/s1. The van der Waals surface area contributed by atoms with Crippen molar-refractivity contribution in [1.82, 2.24) is 0 Å². The SMILES string of the molecule is COc1cc([C@H]2Nc3ccc(S(=O)(=O)Nc4ccccc4F)cc3[C@H]3C=CC[C@@H]32)cc(OC)c1OC. The molecule has 1 heterocycles. The Bertz CT molecular complexity index is 1410. The first-order chi connectivity index (χ1) is 17.4. The molecule has 0 saturated heterocycles. The van der Waals surface area contributed by atoms with E-state index in [1.165, 1.54) is 24.3 Å². The van der Waals surface area contributed by atoms with Gasteiger partial charge in [0.15, 0.2) is 11.5 Å². The maximum Gasteiger partial charge on any atom is 0.261 e. The van der Waals surface area contributed by atoms with Crippen molar-refractivity contribution in [2.45, 2.75) is 23.3 Å². The quantitative estimate of drug-likeness (QED) is 0.410. The third-order valence-corrected chi connectivity index (χ3v) is 8.17. The van der Waals surface area contributed by atoms with E-state index in [9.17, 15) is 12.8 Å². The molecule has 0 saturated carbocycles. The van der Waals surface area contributed by atoms with Crippen molar-refractivity contribution in [1.29, 1.82) is 0 Å². The second kappa shape index (κ2) is 9.39. The first-order valence-corrected chi connectivity index (χ1v) is 13.0. The molecule has 3 aromatic carbocycles. The number of allylic oxidation sites excluding steroid dienone is 2. The molecule has 0 aromatic heterocycles. The molecule has 2 N–H and O–H groups in total. The molecule has 1 aliphatic heterocycles. The minimum absolute atomic E-state index is 0.00829. The second-order valence-electron chi connectivity index (χ2n) is 8.77. The Morgan fingerprint density at radius 1 is 0.972 bits per heavy atom. The summed E-state index contributed by atoms with van der Waals surface area (Å²) in [6.45, 7) is 0. The van der Waals surface area contributed by atoms with Crippen LogP contribution in [0.5, 0.6) is 17.2 Å². The molecule has 0 amide bonds. The highest BCUT2D eigenvalue weighted by molar-refractivity contribution is 7.92. The Morgan fingerprint density at radius 3 is 2.36 bits per heavy atom. The highest BCUT2D eigenvalue weighted by Crippen LogP contribution is 2.52. The number of anilines is 2. The summed E-state index contributed by atoms with van der Waals surface area (Å²) in [6.07, 6.45) is 5.06. The van der Waals surface area contributed by atoms with Gasteiger partial charge in [-0.05, 0) is 65.9 Å². The number of benzene rings is 3. The first kappa shape index (κ1) is 24.0. The third kappa shape index (κ3) is 4.13. The summed E-state index contributed by atoms with van der Waals surface area (Å²) in [6, 6.07) is 14.5. The molecule has 0 unspecified atom stereocenters. The van der Waals surface area contributed by atoms with Crippen LogP contribution in [0.3, 0.4) is 0 Å². The van der Waals surface area contributed by atoms with Gasteiger partial charge >= 0.3 is 0 Å². The third-order valence-electron chi connectivity index (χ3n) is 6.81. The normalized spacial score (nSPS) is 20.2. The monoisotopic (exact) mass is 510 g/mol. The van der Waals surface area contributed by atoms with Crippen molar-refractivity contribution >= 4 is 21.4 Å². The van der Waals surface area contributed by atoms with Gasteiger partial charge in [-0.25, -0.2) is 12.8 Å². The first-order valence-electron chi connectivity index (χ1n) is 11.5. The summed E-state index contributed by atoms with van der Waals surface area (Å²) in [7, 11) is 0.760. The topological polar surface area (TPSA) is 85.9 Å². The molecule has 0 bridgehead atoms. The van der Waals surface area contributed by atoms with Crippen LogP contribution in [0.2, 0.25) is 0 Å². The van der Waals surface area contributed by atoms with Crippen LogP contribution in [0, 0.1) is 11.7 Å². The molecule has 9 heteroatoms. The predicted octanol–water partition coefficient (Wildman–Crippen LogP) is 5.48. The maximum absolute atomic E-state index is 14.1. The van der Waals surface area contributed by atoms with Gasteiger partial charge in [-0.3, -0.25) is 4.72 Å². The number of fused-ring (bicyclic) bond motifs is 3. The van der Waals surface area contributed by atoms with Crippen LogP contribution in [0.15, 0.2) is 71.6 Å². The summed E-state index contributed by atoms with van der Waals surface area (Å²) in [5.74, 6) is 1.20. The molecule has 3 atom stereocenters. The predicted molar refractivity (Wildman–Crippen MR) is 136 cm³/mol. The van der Waals surface area contributed by atoms with Gasteiger partial charge in [0.05, 0.1) is 38.0 Å². The molecule has 0 fully saturated rings. The van der Waals surface area contributed by atoms with Gasteiger partial charge in [-0.15, -0.1) is 0 Å². The van der Waals surface area contributed by atoms with Gasteiger partial charge in [0.1, 0.15) is 5.82 Å². The van der Waals surface area contributed by atoms with Crippen LogP contribution in [0.4, 0.5) is 15.8 Å². The van der Waals surface area contributed by atoms with E-state index in [1.807, 2.05) is 12.1 Å². The minimum Gasteiger partial charge on any atom is -0.493 e. The number of hydrogen-bond acceptors (Lipinski definition) is 6. The summed E-state index contributed by atoms with van der Waals surface area (Å²) in [4.78, 5) is 0.0802. The molecule has 36 heavy (non-hydrogen) atoms. The smallest absolute Gasteiger partial charge is 0.261 e. The number of rotatable bonds is 7. The van der Waals surface area contributed by atoms with Crippen molar-refractivity contribution in [3.05, 3.63) is 83.7 Å². The fraction of sp³-hybridized carbons (Fsp3) is 0.259. The molecule has 0 spiro atoms. The Labute approximate surface area is 209 Å². The van der Waals surface area contributed by atoms with Gasteiger partial charge in [-0.1, -0.05) is 24.3 Å². The van der Waals surface area contributed by atoms with Crippen LogP contribution in [0.1, 0.15) is 29.5 Å². The lowest BCUT2D eigenvalue weighted by Gasteiger charge is -2.38. The van der Waals surface area contributed by atoms with Crippen LogP contribution in [-0.2, 0) is 10.0 Å². The van der Waals surface area contributed by atoms with Gasteiger partial charge in [-0.2, -0.15) is 0 Å². The van der Waals surface area contributed by atoms with E-state index in [-0.39, 0.29) is 28.5 Å². The van der Waals surface area contributed by atoms with Crippen molar-refractivity contribution in [3.8, 4) is 17.2 Å². The molecule has 1 aliphatic carbocycles. The number of nitrogens with one attached hydrogen (secondary N) is 2. The van der Waals surface area contributed by atoms with Crippen molar-refractivity contribution in [2.24, 2.45) is 5.92 Å². The van der Waals surface area contributed by atoms with Crippen LogP contribution in [0.25, 0.3) is 0 Å². The zero-order chi connectivity index (χ0) is 25.4. The van der Waals surface area contributed by atoms with Crippen LogP contribution < -0.4 is 24.2 Å². The Hall–Kier alpha value is -3.72. The number of hydrogen-bond donors (Lipinski definition) is 2. The lowest BCUT2D eigenvalue weighted by Crippen LogP contribution is -2.29. The molecular weight excluding hydrogens is 483 g/mol.